The normalized spacial score (nSPS) is 33.2. The zero-order chi connectivity index (χ0) is 23.0. The highest BCUT2D eigenvalue weighted by molar-refractivity contribution is 6.46. The molecule has 1 amide bonds. The Labute approximate surface area is 196 Å². The number of ether oxygens (including phenoxy) is 1. The van der Waals surface area contributed by atoms with Gasteiger partial charge in [0.2, 0.25) is 0 Å². The number of hydrogen-bond donors (Lipinski definition) is 2. The van der Waals surface area contributed by atoms with Crippen molar-refractivity contribution in [3.8, 4) is 0 Å². The van der Waals surface area contributed by atoms with Crippen molar-refractivity contribution >= 4 is 23.3 Å². The number of carbonyl (C=O) groups excluding carboxylic acids is 2. The predicted molar refractivity (Wildman–Crippen MR) is 128 cm³/mol. The largest absolute Gasteiger partial charge is 0.466 e. The summed E-state index contributed by atoms with van der Waals surface area (Å²) in [6, 6.07) is 9.53. The number of rotatable bonds is 6. The summed E-state index contributed by atoms with van der Waals surface area (Å²) >= 11 is 0. The molecule has 4 saturated carbocycles. The Bertz CT molecular complexity index is 946. The number of amides is 1. The van der Waals surface area contributed by atoms with Crippen LogP contribution in [0, 0.1) is 23.7 Å². The predicted octanol–water partition coefficient (Wildman–Crippen LogP) is 4.42. The van der Waals surface area contributed by atoms with Gasteiger partial charge < -0.3 is 15.8 Å². The molecule has 0 heterocycles. The Hall–Kier alpha value is -2.63. The summed E-state index contributed by atoms with van der Waals surface area (Å²) in [5.41, 5.74) is 8.75. The molecule has 6 rings (SSSR count). The van der Waals surface area contributed by atoms with Crippen LogP contribution in [0.15, 0.2) is 46.6 Å². The van der Waals surface area contributed by atoms with Crippen LogP contribution in [0.5, 0.6) is 0 Å². The number of aliphatic imine (C=N–C) groups is 1. The summed E-state index contributed by atoms with van der Waals surface area (Å²) in [4.78, 5) is 31.1. The molecule has 176 valence electrons. The molecular weight excluding hydrogens is 414 g/mol. The van der Waals surface area contributed by atoms with Gasteiger partial charge >= 0.3 is 5.97 Å². The van der Waals surface area contributed by atoms with Gasteiger partial charge in [0, 0.05) is 16.8 Å². The minimum atomic E-state index is -0.291. The molecule has 0 radical (unpaired) electrons. The van der Waals surface area contributed by atoms with Crippen molar-refractivity contribution in [2.24, 2.45) is 34.4 Å². The number of carbonyl (C=O) groups is 2. The van der Waals surface area contributed by atoms with Gasteiger partial charge in [0.1, 0.15) is 5.71 Å². The summed E-state index contributed by atoms with van der Waals surface area (Å²) in [5.74, 6) is 1.54. The molecule has 0 saturated heterocycles. The third kappa shape index (κ3) is 4.57. The number of esters is 1. The molecule has 1 atom stereocenters. The SMILES string of the molecule is CCOC(=O)C1CCC(N)=C(C(=Nc2ccccc2)C(=O)NC23CC4CC(CC(C4)C2)C3)C1. The molecule has 6 heteroatoms. The molecule has 1 unspecified atom stereocenters. The van der Waals surface area contributed by atoms with Crippen molar-refractivity contribution in [3.05, 3.63) is 41.6 Å². The molecule has 1 aromatic carbocycles. The van der Waals surface area contributed by atoms with Gasteiger partial charge in [0.25, 0.3) is 5.91 Å². The zero-order valence-corrected chi connectivity index (χ0v) is 19.5. The molecule has 4 bridgehead atoms. The third-order valence-electron chi connectivity index (χ3n) is 8.14. The Morgan fingerprint density at radius 3 is 2.33 bits per heavy atom. The number of allylic oxidation sites excluding steroid dienone is 1. The Balaban J connectivity index is 1.44. The zero-order valence-electron chi connectivity index (χ0n) is 19.5. The van der Waals surface area contributed by atoms with Crippen molar-refractivity contribution < 1.29 is 14.3 Å². The van der Waals surface area contributed by atoms with Crippen LogP contribution in [0.4, 0.5) is 5.69 Å². The lowest BCUT2D eigenvalue weighted by Gasteiger charge is -2.56. The molecule has 33 heavy (non-hydrogen) atoms. The van der Waals surface area contributed by atoms with E-state index < -0.39 is 0 Å². The topological polar surface area (TPSA) is 93.8 Å². The van der Waals surface area contributed by atoms with Gasteiger partial charge in [-0.2, -0.15) is 0 Å². The molecule has 5 aliphatic rings. The van der Waals surface area contributed by atoms with E-state index in [9.17, 15) is 9.59 Å². The Kier molecular flexibility index (Phi) is 6.02. The second kappa shape index (κ2) is 8.96. The van der Waals surface area contributed by atoms with E-state index in [4.69, 9.17) is 15.5 Å². The second-order valence-corrected chi connectivity index (χ2v) is 10.6. The summed E-state index contributed by atoms with van der Waals surface area (Å²) in [6.07, 6.45) is 8.78. The van der Waals surface area contributed by atoms with Crippen LogP contribution in [-0.2, 0) is 14.3 Å². The monoisotopic (exact) mass is 449 g/mol. The van der Waals surface area contributed by atoms with Gasteiger partial charge in [0.15, 0.2) is 0 Å². The minimum Gasteiger partial charge on any atom is -0.466 e. The lowest BCUT2D eigenvalue weighted by atomic mass is 9.53. The number of para-hydroxylation sites is 1. The van der Waals surface area contributed by atoms with Gasteiger partial charge in [0.05, 0.1) is 18.2 Å². The quantitative estimate of drug-likeness (QED) is 0.497. The first-order valence-corrected chi connectivity index (χ1v) is 12.6. The standard InChI is InChI=1S/C27H35N3O3/c1-2-33-26(32)20-8-9-23(28)22(13-20)24(29-21-6-4-3-5-7-21)25(31)30-27-14-17-10-18(15-27)12-19(11-17)16-27/h3-7,17-20H,2,8-16,28H2,1H3,(H,30,31). The summed E-state index contributed by atoms with van der Waals surface area (Å²) in [7, 11) is 0. The fraction of sp³-hybridized carbons (Fsp3) is 0.593. The highest BCUT2D eigenvalue weighted by atomic mass is 16.5. The summed E-state index contributed by atoms with van der Waals surface area (Å²) < 4.78 is 5.27. The third-order valence-corrected chi connectivity index (χ3v) is 8.14. The van der Waals surface area contributed by atoms with Gasteiger partial charge in [-0.3, -0.25) is 9.59 Å². The molecule has 0 aliphatic heterocycles. The van der Waals surface area contributed by atoms with Crippen LogP contribution >= 0.6 is 0 Å². The minimum absolute atomic E-state index is 0.117. The average Bonchev–Trinajstić information content (AvgIpc) is 2.77. The number of nitrogens with zero attached hydrogens (tertiary/aromatic N) is 1. The van der Waals surface area contributed by atoms with Crippen molar-refractivity contribution in [1.82, 2.24) is 5.32 Å². The first-order valence-electron chi connectivity index (χ1n) is 12.6. The van der Waals surface area contributed by atoms with Crippen molar-refractivity contribution in [2.45, 2.75) is 70.3 Å². The maximum absolute atomic E-state index is 13.8. The molecule has 5 aliphatic carbocycles. The van der Waals surface area contributed by atoms with Crippen LogP contribution in [0.25, 0.3) is 0 Å². The lowest BCUT2D eigenvalue weighted by molar-refractivity contribution is -0.148. The molecular formula is C27H35N3O3. The molecule has 6 nitrogen and oxygen atoms in total. The van der Waals surface area contributed by atoms with E-state index in [-0.39, 0.29) is 23.3 Å². The smallest absolute Gasteiger partial charge is 0.309 e. The molecule has 0 spiro atoms. The van der Waals surface area contributed by atoms with E-state index in [2.05, 4.69) is 5.32 Å². The van der Waals surface area contributed by atoms with Gasteiger partial charge in [-0.05, 0) is 94.6 Å². The van der Waals surface area contributed by atoms with E-state index >= 15 is 0 Å². The van der Waals surface area contributed by atoms with Crippen molar-refractivity contribution in [1.29, 1.82) is 0 Å². The first kappa shape index (κ1) is 22.2. The number of nitrogens with two attached hydrogens (primary N) is 1. The summed E-state index contributed by atoms with van der Waals surface area (Å²) in [5, 5.41) is 3.46. The second-order valence-electron chi connectivity index (χ2n) is 10.6. The van der Waals surface area contributed by atoms with Crippen LogP contribution in [-0.4, -0.2) is 29.7 Å². The van der Waals surface area contributed by atoms with Crippen LogP contribution in [0.3, 0.4) is 0 Å². The van der Waals surface area contributed by atoms with Crippen molar-refractivity contribution in [3.63, 3.8) is 0 Å². The van der Waals surface area contributed by atoms with E-state index in [0.717, 1.165) is 37.0 Å². The summed E-state index contributed by atoms with van der Waals surface area (Å²) in [6.45, 7) is 2.16. The van der Waals surface area contributed by atoms with Gasteiger partial charge in [-0.1, -0.05) is 18.2 Å². The van der Waals surface area contributed by atoms with E-state index in [1.165, 1.54) is 19.3 Å². The Morgan fingerprint density at radius 2 is 1.73 bits per heavy atom. The number of benzene rings is 1. The first-order chi connectivity index (χ1) is 15.9. The van der Waals surface area contributed by atoms with E-state index in [0.29, 0.717) is 48.5 Å². The number of nitrogens with one attached hydrogen (secondary N) is 1. The fourth-order valence-electron chi connectivity index (χ4n) is 7.12. The van der Waals surface area contributed by atoms with Gasteiger partial charge in [-0.15, -0.1) is 0 Å². The average molecular weight is 450 g/mol. The van der Waals surface area contributed by atoms with Crippen LogP contribution in [0.1, 0.15) is 64.7 Å². The highest BCUT2D eigenvalue weighted by Gasteiger charge is 2.52. The Morgan fingerprint density at radius 1 is 1.09 bits per heavy atom. The van der Waals surface area contributed by atoms with E-state index in [1.54, 1.807) is 0 Å². The molecule has 3 N–H and O–H groups in total. The number of hydrogen-bond acceptors (Lipinski definition) is 5. The van der Waals surface area contributed by atoms with Crippen LogP contribution < -0.4 is 11.1 Å². The maximum atomic E-state index is 13.8. The molecule has 1 aromatic rings. The van der Waals surface area contributed by atoms with Crippen molar-refractivity contribution in [2.75, 3.05) is 6.61 Å². The molecule has 0 aromatic heterocycles. The fourth-order valence-corrected chi connectivity index (χ4v) is 7.12. The molecule has 4 fully saturated rings. The van der Waals surface area contributed by atoms with Crippen LogP contribution in [0.2, 0.25) is 0 Å². The lowest BCUT2D eigenvalue weighted by Crippen LogP contribution is -2.61. The van der Waals surface area contributed by atoms with E-state index in [1.807, 2.05) is 37.3 Å². The maximum Gasteiger partial charge on any atom is 0.309 e. The van der Waals surface area contributed by atoms with Gasteiger partial charge in [-0.25, -0.2) is 4.99 Å². The highest BCUT2D eigenvalue weighted by Crippen LogP contribution is 2.55.